The zero-order chi connectivity index (χ0) is 11.8. The quantitative estimate of drug-likeness (QED) is 0.901. The van der Waals surface area contributed by atoms with Gasteiger partial charge in [-0.1, -0.05) is 20.8 Å². The number of nitrogens with zero attached hydrogens (tertiary/aromatic N) is 2. The third-order valence-electron chi connectivity index (χ3n) is 2.89. The molecule has 1 aliphatic heterocycles. The zero-order valence-electron chi connectivity index (χ0n) is 10.8. The third-order valence-corrected chi connectivity index (χ3v) is 4.20. The Kier molecular flexibility index (Phi) is 4.95. The molecule has 98 valence electrons. The molecule has 2 N–H and O–H groups in total. The number of rotatable bonds is 2. The van der Waals surface area contributed by atoms with Gasteiger partial charge in [-0.05, 0) is 6.42 Å². The lowest BCUT2D eigenvalue weighted by molar-refractivity contribution is 0.323. The topological polar surface area (TPSA) is 42.2 Å². The second-order valence-corrected chi connectivity index (χ2v) is 6.54. The molecule has 1 fully saturated rings. The normalized spacial score (nSPS) is 21.5. The first kappa shape index (κ1) is 14.9. The van der Waals surface area contributed by atoms with Crippen LogP contribution in [0.3, 0.4) is 0 Å². The summed E-state index contributed by atoms with van der Waals surface area (Å²) in [6.07, 6.45) is 1.12. The summed E-state index contributed by atoms with van der Waals surface area (Å²) in [6.45, 7) is 9.72. The third kappa shape index (κ3) is 3.91. The van der Waals surface area contributed by atoms with Crippen molar-refractivity contribution in [2.75, 3.05) is 13.1 Å². The van der Waals surface area contributed by atoms with E-state index in [0.29, 0.717) is 6.04 Å². The first-order chi connectivity index (χ1) is 7.45. The van der Waals surface area contributed by atoms with E-state index in [-0.39, 0.29) is 17.8 Å². The lowest BCUT2D eigenvalue weighted by atomic mass is 9.98. The van der Waals surface area contributed by atoms with E-state index in [1.807, 2.05) is 0 Å². The first-order valence-corrected chi connectivity index (χ1v) is 6.76. The second kappa shape index (κ2) is 5.65. The minimum Gasteiger partial charge on any atom is -0.326 e. The van der Waals surface area contributed by atoms with Crippen molar-refractivity contribution in [1.29, 1.82) is 0 Å². The monoisotopic (exact) mass is 275 g/mol. The maximum atomic E-state index is 5.89. The lowest BCUT2D eigenvalue weighted by Crippen LogP contribution is -2.26. The molecule has 0 saturated carbocycles. The van der Waals surface area contributed by atoms with Crippen LogP contribution in [0.5, 0.6) is 0 Å². The number of halogens is 1. The van der Waals surface area contributed by atoms with Crippen molar-refractivity contribution in [2.45, 2.75) is 45.2 Å². The van der Waals surface area contributed by atoms with Gasteiger partial charge in [0, 0.05) is 36.5 Å². The Morgan fingerprint density at radius 1 is 1.53 bits per heavy atom. The van der Waals surface area contributed by atoms with Crippen LogP contribution in [0.15, 0.2) is 5.38 Å². The van der Waals surface area contributed by atoms with Gasteiger partial charge in [0.05, 0.1) is 10.7 Å². The van der Waals surface area contributed by atoms with Gasteiger partial charge in [0.25, 0.3) is 0 Å². The molecule has 1 aromatic heterocycles. The standard InChI is InChI=1S/C12H21N3S.ClH/c1-12(2,3)11-14-10(8-16-11)7-15-5-4-9(13)6-15;/h8-9H,4-7,13H2,1-3H3;1H/t9-;/m1./s1. The van der Waals surface area contributed by atoms with Gasteiger partial charge in [0.1, 0.15) is 0 Å². The molecule has 1 atom stereocenters. The van der Waals surface area contributed by atoms with E-state index >= 15 is 0 Å². The molecule has 0 amide bonds. The minimum absolute atomic E-state index is 0. The SMILES string of the molecule is CC(C)(C)c1nc(CN2CC[C@@H](N)C2)cs1.Cl. The van der Waals surface area contributed by atoms with Gasteiger partial charge >= 0.3 is 0 Å². The highest BCUT2D eigenvalue weighted by atomic mass is 35.5. The lowest BCUT2D eigenvalue weighted by Gasteiger charge is -2.15. The van der Waals surface area contributed by atoms with E-state index in [1.165, 1.54) is 10.7 Å². The van der Waals surface area contributed by atoms with Crippen LogP contribution in [0.1, 0.15) is 37.9 Å². The molecule has 2 rings (SSSR count). The largest absolute Gasteiger partial charge is 0.326 e. The number of likely N-dealkylation sites (tertiary alicyclic amines) is 1. The van der Waals surface area contributed by atoms with E-state index in [2.05, 4.69) is 31.1 Å². The average Bonchev–Trinajstić information content (AvgIpc) is 2.74. The van der Waals surface area contributed by atoms with Crippen LogP contribution in [0.4, 0.5) is 0 Å². The van der Waals surface area contributed by atoms with Crippen molar-refractivity contribution >= 4 is 23.7 Å². The molecular formula is C12H22ClN3S. The Balaban J connectivity index is 0.00000144. The highest BCUT2D eigenvalue weighted by Gasteiger charge is 2.22. The number of aromatic nitrogens is 1. The van der Waals surface area contributed by atoms with E-state index in [4.69, 9.17) is 10.7 Å². The maximum Gasteiger partial charge on any atom is 0.0982 e. The van der Waals surface area contributed by atoms with Crippen LogP contribution in [0.25, 0.3) is 0 Å². The molecule has 0 unspecified atom stereocenters. The van der Waals surface area contributed by atoms with Gasteiger partial charge < -0.3 is 5.73 Å². The predicted octanol–water partition coefficient (Wildman–Crippen LogP) is 2.40. The summed E-state index contributed by atoms with van der Waals surface area (Å²) in [5.74, 6) is 0. The van der Waals surface area contributed by atoms with Crippen molar-refractivity contribution in [3.05, 3.63) is 16.1 Å². The first-order valence-electron chi connectivity index (χ1n) is 5.88. The molecule has 17 heavy (non-hydrogen) atoms. The van der Waals surface area contributed by atoms with Gasteiger partial charge in [0.2, 0.25) is 0 Å². The molecule has 3 nitrogen and oxygen atoms in total. The van der Waals surface area contributed by atoms with Crippen LogP contribution in [0, 0.1) is 0 Å². The van der Waals surface area contributed by atoms with Crippen molar-refractivity contribution in [2.24, 2.45) is 5.73 Å². The molecule has 0 radical (unpaired) electrons. The Bertz CT molecular complexity index is 359. The van der Waals surface area contributed by atoms with Gasteiger partial charge in [-0.3, -0.25) is 4.90 Å². The molecule has 2 heterocycles. The predicted molar refractivity (Wildman–Crippen MR) is 75.9 cm³/mol. The summed E-state index contributed by atoms with van der Waals surface area (Å²) < 4.78 is 0. The number of hydrogen-bond acceptors (Lipinski definition) is 4. The van der Waals surface area contributed by atoms with E-state index < -0.39 is 0 Å². The van der Waals surface area contributed by atoms with Crippen LogP contribution in [0.2, 0.25) is 0 Å². The van der Waals surface area contributed by atoms with Crippen molar-refractivity contribution in [1.82, 2.24) is 9.88 Å². The van der Waals surface area contributed by atoms with Crippen LogP contribution in [-0.2, 0) is 12.0 Å². The number of nitrogens with two attached hydrogens (primary N) is 1. The molecule has 0 aliphatic carbocycles. The molecule has 0 spiro atoms. The Morgan fingerprint density at radius 3 is 2.71 bits per heavy atom. The van der Waals surface area contributed by atoms with E-state index in [9.17, 15) is 0 Å². The molecule has 1 aliphatic rings. The summed E-state index contributed by atoms with van der Waals surface area (Å²) in [6, 6.07) is 0.362. The highest BCUT2D eigenvalue weighted by Crippen LogP contribution is 2.26. The summed E-state index contributed by atoms with van der Waals surface area (Å²) >= 11 is 1.77. The Labute approximate surface area is 114 Å². The van der Waals surface area contributed by atoms with Crippen LogP contribution < -0.4 is 5.73 Å². The highest BCUT2D eigenvalue weighted by molar-refractivity contribution is 7.09. The smallest absolute Gasteiger partial charge is 0.0982 e. The van der Waals surface area contributed by atoms with Gasteiger partial charge in [-0.15, -0.1) is 23.7 Å². The zero-order valence-corrected chi connectivity index (χ0v) is 12.4. The fourth-order valence-electron chi connectivity index (χ4n) is 1.96. The number of hydrogen-bond donors (Lipinski definition) is 1. The van der Waals surface area contributed by atoms with Crippen molar-refractivity contribution in [3.63, 3.8) is 0 Å². The second-order valence-electron chi connectivity index (χ2n) is 5.68. The fraction of sp³-hybridized carbons (Fsp3) is 0.750. The molecule has 0 bridgehead atoms. The summed E-state index contributed by atoms with van der Waals surface area (Å²) in [5, 5.41) is 3.41. The molecular weight excluding hydrogens is 254 g/mol. The summed E-state index contributed by atoms with van der Waals surface area (Å²) in [4.78, 5) is 7.10. The summed E-state index contributed by atoms with van der Waals surface area (Å²) in [7, 11) is 0. The Hall–Kier alpha value is -0.160. The molecule has 1 saturated heterocycles. The van der Waals surface area contributed by atoms with E-state index in [0.717, 1.165) is 26.1 Å². The molecule has 1 aromatic rings. The van der Waals surface area contributed by atoms with Gasteiger partial charge in [-0.2, -0.15) is 0 Å². The molecule has 5 heteroatoms. The van der Waals surface area contributed by atoms with Crippen molar-refractivity contribution in [3.8, 4) is 0 Å². The van der Waals surface area contributed by atoms with Crippen LogP contribution in [-0.4, -0.2) is 29.0 Å². The van der Waals surface area contributed by atoms with Crippen LogP contribution >= 0.6 is 23.7 Å². The van der Waals surface area contributed by atoms with Gasteiger partial charge in [-0.25, -0.2) is 4.98 Å². The maximum absolute atomic E-state index is 5.89. The summed E-state index contributed by atoms with van der Waals surface area (Å²) in [5.41, 5.74) is 7.26. The fourth-order valence-corrected chi connectivity index (χ4v) is 2.86. The molecule has 0 aromatic carbocycles. The Morgan fingerprint density at radius 2 is 2.24 bits per heavy atom. The van der Waals surface area contributed by atoms with Gasteiger partial charge in [0.15, 0.2) is 0 Å². The minimum atomic E-state index is 0. The van der Waals surface area contributed by atoms with Crippen molar-refractivity contribution < 1.29 is 0 Å². The van der Waals surface area contributed by atoms with E-state index in [1.54, 1.807) is 11.3 Å². The number of thiazole rings is 1. The average molecular weight is 276 g/mol.